The summed E-state index contributed by atoms with van der Waals surface area (Å²) in [6, 6.07) is 11.4. The average Bonchev–Trinajstić information content (AvgIpc) is 2.51. The van der Waals surface area contributed by atoms with E-state index in [2.05, 4.69) is 11.1 Å². The second-order valence-corrected chi connectivity index (χ2v) is 4.78. The number of carbonyl (C=O) groups is 1. The van der Waals surface area contributed by atoms with Crippen molar-refractivity contribution >= 4 is 16.8 Å². The molecule has 1 aromatic heterocycles. The Morgan fingerprint density at radius 2 is 2.25 bits per heavy atom. The molecule has 1 amide bonds. The molecule has 1 unspecified atom stereocenters. The first-order valence-corrected chi connectivity index (χ1v) is 6.69. The lowest BCUT2D eigenvalue weighted by atomic mass is 10.1. The van der Waals surface area contributed by atoms with Crippen LogP contribution in [-0.4, -0.2) is 28.9 Å². The maximum Gasteiger partial charge on any atom is 0.253 e. The zero-order chi connectivity index (χ0) is 14.5. The normalized spacial score (nSPS) is 11.8. The van der Waals surface area contributed by atoms with Gasteiger partial charge in [0.1, 0.15) is 0 Å². The van der Waals surface area contributed by atoms with Crippen LogP contribution < -0.4 is 0 Å². The highest BCUT2D eigenvalue weighted by molar-refractivity contribution is 5.97. The summed E-state index contributed by atoms with van der Waals surface area (Å²) in [5.41, 5.74) is 1.51. The molecule has 0 N–H and O–H groups in total. The standard InChI is InChI=1S/C16H17N3O/c1-3-19(11-12(2)10-17)16(20)14-6-7-15-13(9-14)5-4-8-18-15/h4-9,12H,3,11H2,1-2H3. The van der Waals surface area contributed by atoms with E-state index < -0.39 is 0 Å². The lowest BCUT2D eigenvalue weighted by molar-refractivity contribution is 0.0753. The van der Waals surface area contributed by atoms with Gasteiger partial charge in [-0.2, -0.15) is 5.26 Å². The van der Waals surface area contributed by atoms with Crippen LogP contribution in [0.3, 0.4) is 0 Å². The second-order valence-electron chi connectivity index (χ2n) is 4.78. The van der Waals surface area contributed by atoms with Crippen molar-refractivity contribution in [3.8, 4) is 6.07 Å². The molecule has 1 atom stereocenters. The molecule has 2 rings (SSSR count). The maximum absolute atomic E-state index is 12.5. The maximum atomic E-state index is 12.5. The summed E-state index contributed by atoms with van der Waals surface area (Å²) < 4.78 is 0. The van der Waals surface area contributed by atoms with Gasteiger partial charge in [-0.25, -0.2) is 0 Å². The molecule has 0 bridgehead atoms. The van der Waals surface area contributed by atoms with E-state index in [0.29, 0.717) is 18.7 Å². The Balaban J connectivity index is 2.27. The Morgan fingerprint density at radius 3 is 2.95 bits per heavy atom. The van der Waals surface area contributed by atoms with Crippen LogP contribution in [0.25, 0.3) is 10.9 Å². The molecule has 2 aromatic rings. The second kappa shape index (κ2) is 6.16. The quantitative estimate of drug-likeness (QED) is 0.855. The van der Waals surface area contributed by atoms with Gasteiger partial charge in [0, 0.05) is 30.2 Å². The highest BCUT2D eigenvalue weighted by Crippen LogP contribution is 2.15. The van der Waals surface area contributed by atoms with Gasteiger partial charge in [0.05, 0.1) is 17.5 Å². The van der Waals surface area contributed by atoms with Crippen molar-refractivity contribution in [3.05, 3.63) is 42.1 Å². The zero-order valence-corrected chi connectivity index (χ0v) is 11.7. The van der Waals surface area contributed by atoms with Gasteiger partial charge >= 0.3 is 0 Å². The van der Waals surface area contributed by atoms with Crippen molar-refractivity contribution in [1.29, 1.82) is 5.26 Å². The Labute approximate surface area is 118 Å². The Kier molecular flexibility index (Phi) is 4.31. The predicted molar refractivity (Wildman–Crippen MR) is 78.1 cm³/mol. The molecule has 0 aliphatic carbocycles. The van der Waals surface area contributed by atoms with Crippen molar-refractivity contribution in [2.24, 2.45) is 5.92 Å². The van der Waals surface area contributed by atoms with Gasteiger partial charge in [0.25, 0.3) is 5.91 Å². The summed E-state index contributed by atoms with van der Waals surface area (Å²) in [6.07, 6.45) is 1.73. The van der Waals surface area contributed by atoms with Crippen LogP contribution in [0.15, 0.2) is 36.5 Å². The number of pyridine rings is 1. The molecule has 0 aliphatic rings. The first-order valence-electron chi connectivity index (χ1n) is 6.69. The fraction of sp³-hybridized carbons (Fsp3) is 0.312. The number of amides is 1. The number of fused-ring (bicyclic) bond motifs is 1. The summed E-state index contributed by atoms with van der Waals surface area (Å²) in [5.74, 6) is -0.207. The van der Waals surface area contributed by atoms with E-state index in [1.165, 1.54) is 0 Å². The SMILES string of the molecule is CCN(CC(C)C#N)C(=O)c1ccc2ncccc2c1. The van der Waals surface area contributed by atoms with E-state index in [1.54, 1.807) is 17.2 Å². The third-order valence-electron chi connectivity index (χ3n) is 3.23. The van der Waals surface area contributed by atoms with Crippen molar-refractivity contribution in [2.75, 3.05) is 13.1 Å². The van der Waals surface area contributed by atoms with Crippen LogP contribution in [0.4, 0.5) is 0 Å². The molecule has 0 spiro atoms. The molecule has 4 heteroatoms. The van der Waals surface area contributed by atoms with Gasteiger partial charge < -0.3 is 4.90 Å². The Bertz CT molecular complexity index is 660. The van der Waals surface area contributed by atoms with Gasteiger partial charge in [-0.1, -0.05) is 6.07 Å². The summed E-state index contributed by atoms with van der Waals surface area (Å²) in [7, 11) is 0. The molecule has 0 saturated heterocycles. The third-order valence-corrected chi connectivity index (χ3v) is 3.23. The van der Waals surface area contributed by atoms with Crippen molar-refractivity contribution in [1.82, 2.24) is 9.88 Å². The molecule has 102 valence electrons. The summed E-state index contributed by atoms with van der Waals surface area (Å²) in [5, 5.41) is 9.82. The van der Waals surface area contributed by atoms with Crippen molar-refractivity contribution < 1.29 is 4.79 Å². The molecular formula is C16H17N3O. The molecule has 0 aliphatic heterocycles. The van der Waals surface area contributed by atoms with Crippen LogP contribution in [0, 0.1) is 17.2 Å². The van der Waals surface area contributed by atoms with Gasteiger partial charge in [-0.05, 0) is 38.1 Å². The fourth-order valence-electron chi connectivity index (χ4n) is 2.12. The minimum absolute atomic E-state index is 0.0413. The summed E-state index contributed by atoms with van der Waals surface area (Å²) in [4.78, 5) is 18.4. The van der Waals surface area contributed by atoms with E-state index in [9.17, 15) is 4.79 Å². The van der Waals surface area contributed by atoms with E-state index in [-0.39, 0.29) is 11.8 Å². The lowest BCUT2D eigenvalue weighted by Gasteiger charge is -2.22. The topological polar surface area (TPSA) is 57.0 Å². The van der Waals surface area contributed by atoms with Gasteiger partial charge in [0.2, 0.25) is 0 Å². The molecule has 20 heavy (non-hydrogen) atoms. The van der Waals surface area contributed by atoms with E-state index in [1.807, 2.05) is 38.1 Å². The predicted octanol–water partition coefficient (Wildman–Crippen LogP) is 2.86. The number of nitriles is 1. The number of nitrogens with zero attached hydrogens (tertiary/aromatic N) is 3. The summed E-state index contributed by atoms with van der Waals surface area (Å²) in [6.45, 7) is 4.79. The van der Waals surface area contributed by atoms with E-state index in [4.69, 9.17) is 5.26 Å². The highest BCUT2D eigenvalue weighted by atomic mass is 16.2. The molecule has 4 nitrogen and oxygen atoms in total. The van der Waals surface area contributed by atoms with Crippen LogP contribution >= 0.6 is 0 Å². The molecule has 0 fully saturated rings. The Morgan fingerprint density at radius 1 is 1.45 bits per heavy atom. The largest absolute Gasteiger partial charge is 0.338 e. The van der Waals surface area contributed by atoms with Crippen molar-refractivity contribution in [3.63, 3.8) is 0 Å². The minimum atomic E-state index is -0.166. The number of carbonyl (C=O) groups excluding carboxylic acids is 1. The van der Waals surface area contributed by atoms with Gasteiger partial charge in [0.15, 0.2) is 0 Å². The molecular weight excluding hydrogens is 250 g/mol. The highest BCUT2D eigenvalue weighted by Gasteiger charge is 2.16. The van der Waals surface area contributed by atoms with E-state index >= 15 is 0 Å². The molecule has 0 saturated carbocycles. The molecule has 1 aromatic carbocycles. The number of benzene rings is 1. The minimum Gasteiger partial charge on any atom is -0.338 e. The van der Waals surface area contributed by atoms with Gasteiger partial charge in [-0.3, -0.25) is 9.78 Å². The molecule has 0 radical (unpaired) electrons. The third kappa shape index (κ3) is 2.94. The smallest absolute Gasteiger partial charge is 0.253 e. The van der Waals surface area contributed by atoms with Crippen LogP contribution in [0.1, 0.15) is 24.2 Å². The Hall–Kier alpha value is -2.41. The van der Waals surface area contributed by atoms with Gasteiger partial charge in [-0.15, -0.1) is 0 Å². The van der Waals surface area contributed by atoms with Crippen LogP contribution in [0.5, 0.6) is 0 Å². The summed E-state index contributed by atoms with van der Waals surface area (Å²) >= 11 is 0. The first kappa shape index (κ1) is 14.0. The molecule has 1 heterocycles. The van der Waals surface area contributed by atoms with Crippen LogP contribution in [-0.2, 0) is 0 Å². The number of hydrogen-bond acceptors (Lipinski definition) is 3. The number of hydrogen-bond donors (Lipinski definition) is 0. The number of aromatic nitrogens is 1. The van der Waals surface area contributed by atoms with Crippen LogP contribution in [0.2, 0.25) is 0 Å². The fourth-order valence-corrected chi connectivity index (χ4v) is 2.12. The lowest BCUT2D eigenvalue weighted by Crippen LogP contribution is -2.34. The zero-order valence-electron chi connectivity index (χ0n) is 11.7. The first-order chi connectivity index (χ1) is 9.65. The number of rotatable bonds is 4. The monoisotopic (exact) mass is 267 g/mol. The van der Waals surface area contributed by atoms with Crippen molar-refractivity contribution in [2.45, 2.75) is 13.8 Å². The average molecular weight is 267 g/mol. The van der Waals surface area contributed by atoms with E-state index in [0.717, 1.165) is 10.9 Å².